The Kier molecular flexibility index (Phi) is 2.03. The average molecular weight is 200 g/mol. The van der Waals surface area contributed by atoms with E-state index >= 15 is 0 Å². The third kappa shape index (κ3) is 1.45. The van der Waals surface area contributed by atoms with Gasteiger partial charge < -0.3 is 9.88 Å². The van der Waals surface area contributed by atoms with E-state index in [0.29, 0.717) is 0 Å². The molecule has 0 fully saturated rings. The second-order valence-corrected chi connectivity index (χ2v) is 4.47. The molecule has 78 valence electrons. The van der Waals surface area contributed by atoms with Gasteiger partial charge in [0.1, 0.15) is 0 Å². The summed E-state index contributed by atoms with van der Waals surface area (Å²) in [5.41, 5.74) is 4.24. The minimum absolute atomic E-state index is 1.06. The molecule has 1 N–H and O–H groups in total. The van der Waals surface area contributed by atoms with Crippen LogP contribution in [0.25, 0.3) is 10.9 Å². The SMILES string of the molecule is CN1CCCc2c([nH]c3ccccc23)C1. The molecular weight excluding hydrogens is 184 g/mol. The Balaban J connectivity index is 2.19. The lowest BCUT2D eigenvalue weighted by Gasteiger charge is -2.11. The summed E-state index contributed by atoms with van der Waals surface area (Å²) in [6.07, 6.45) is 2.48. The number of para-hydroxylation sites is 1. The Hall–Kier alpha value is -1.28. The van der Waals surface area contributed by atoms with E-state index in [9.17, 15) is 0 Å². The highest BCUT2D eigenvalue weighted by atomic mass is 15.1. The van der Waals surface area contributed by atoms with Crippen LogP contribution in [0, 0.1) is 0 Å². The minimum Gasteiger partial charge on any atom is -0.357 e. The highest BCUT2D eigenvalue weighted by molar-refractivity contribution is 5.84. The van der Waals surface area contributed by atoms with E-state index in [4.69, 9.17) is 0 Å². The summed E-state index contributed by atoms with van der Waals surface area (Å²) in [6.45, 7) is 2.26. The molecule has 0 amide bonds. The molecule has 1 aliphatic rings. The molecule has 2 heteroatoms. The first-order valence-electron chi connectivity index (χ1n) is 5.61. The molecule has 0 radical (unpaired) electrons. The summed E-state index contributed by atoms with van der Waals surface area (Å²) < 4.78 is 0. The van der Waals surface area contributed by atoms with E-state index in [1.54, 1.807) is 0 Å². The number of hydrogen-bond donors (Lipinski definition) is 1. The Labute approximate surface area is 89.9 Å². The first kappa shape index (κ1) is 8.98. The molecule has 3 rings (SSSR count). The molecule has 0 saturated carbocycles. The summed E-state index contributed by atoms with van der Waals surface area (Å²) in [7, 11) is 2.20. The van der Waals surface area contributed by atoms with Gasteiger partial charge in [-0.05, 0) is 38.1 Å². The van der Waals surface area contributed by atoms with Crippen molar-refractivity contribution in [1.82, 2.24) is 9.88 Å². The second kappa shape index (κ2) is 3.38. The van der Waals surface area contributed by atoms with Gasteiger partial charge in [0, 0.05) is 23.1 Å². The van der Waals surface area contributed by atoms with Crippen LogP contribution in [-0.4, -0.2) is 23.5 Å². The van der Waals surface area contributed by atoms with Gasteiger partial charge in [-0.15, -0.1) is 0 Å². The van der Waals surface area contributed by atoms with Gasteiger partial charge in [-0.1, -0.05) is 18.2 Å². The molecule has 15 heavy (non-hydrogen) atoms. The van der Waals surface area contributed by atoms with E-state index in [1.165, 1.54) is 41.5 Å². The van der Waals surface area contributed by atoms with Gasteiger partial charge in [0.05, 0.1) is 0 Å². The minimum atomic E-state index is 1.06. The number of rotatable bonds is 0. The van der Waals surface area contributed by atoms with Gasteiger partial charge in [-0.25, -0.2) is 0 Å². The quantitative estimate of drug-likeness (QED) is 0.692. The number of aromatic nitrogens is 1. The van der Waals surface area contributed by atoms with Crippen LogP contribution in [-0.2, 0) is 13.0 Å². The van der Waals surface area contributed by atoms with Crippen molar-refractivity contribution < 1.29 is 0 Å². The Morgan fingerprint density at radius 3 is 3.07 bits per heavy atom. The van der Waals surface area contributed by atoms with Gasteiger partial charge in [0.15, 0.2) is 0 Å². The molecule has 2 aromatic rings. The standard InChI is InChI=1S/C13H16N2/c1-15-8-4-6-11-10-5-2-3-7-12(10)14-13(11)9-15/h2-3,5,7,14H,4,6,8-9H2,1H3. The summed E-state index contributed by atoms with van der Waals surface area (Å²) in [5.74, 6) is 0. The predicted octanol–water partition coefficient (Wildman–Crippen LogP) is 2.55. The van der Waals surface area contributed by atoms with Crippen LogP contribution >= 0.6 is 0 Å². The van der Waals surface area contributed by atoms with Crippen LogP contribution in [0.4, 0.5) is 0 Å². The molecule has 1 aromatic heterocycles. The van der Waals surface area contributed by atoms with E-state index in [-0.39, 0.29) is 0 Å². The summed E-state index contributed by atoms with van der Waals surface area (Å²) in [6, 6.07) is 8.63. The van der Waals surface area contributed by atoms with Crippen LogP contribution in [0.15, 0.2) is 24.3 Å². The van der Waals surface area contributed by atoms with E-state index in [1.807, 2.05) is 0 Å². The van der Waals surface area contributed by atoms with Gasteiger partial charge in [-0.3, -0.25) is 0 Å². The van der Waals surface area contributed by atoms with Crippen molar-refractivity contribution in [1.29, 1.82) is 0 Å². The maximum Gasteiger partial charge on any atom is 0.0459 e. The maximum atomic E-state index is 3.54. The summed E-state index contributed by atoms with van der Waals surface area (Å²) in [4.78, 5) is 5.93. The normalized spacial score (nSPS) is 17.7. The van der Waals surface area contributed by atoms with E-state index in [0.717, 1.165) is 6.54 Å². The molecule has 2 heterocycles. The van der Waals surface area contributed by atoms with Crippen molar-refractivity contribution in [2.24, 2.45) is 0 Å². The van der Waals surface area contributed by atoms with Crippen molar-refractivity contribution in [3.8, 4) is 0 Å². The van der Waals surface area contributed by atoms with Gasteiger partial charge in [0.2, 0.25) is 0 Å². The lowest BCUT2D eigenvalue weighted by Crippen LogP contribution is -2.17. The van der Waals surface area contributed by atoms with Crippen LogP contribution in [0.2, 0.25) is 0 Å². The molecule has 0 bridgehead atoms. The number of benzene rings is 1. The van der Waals surface area contributed by atoms with Gasteiger partial charge in [-0.2, -0.15) is 0 Å². The van der Waals surface area contributed by atoms with Crippen molar-refractivity contribution >= 4 is 10.9 Å². The predicted molar refractivity (Wildman–Crippen MR) is 63.0 cm³/mol. The average Bonchev–Trinajstić information content (AvgIpc) is 2.46. The fourth-order valence-corrected chi connectivity index (χ4v) is 2.55. The largest absolute Gasteiger partial charge is 0.357 e. The van der Waals surface area contributed by atoms with Crippen LogP contribution < -0.4 is 0 Å². The fourth-order valence-electron chi connectivity index (χ4n) is 2.55. The summed E-state index contributed by atoms with van der Waals surface area (Å²) >= 11 is 0. The third-order valence-corrected chi connectivity index (χ3v) is 3.30. The maximum absolute atomic E-state index is 3.54. The monoisotopic (exact) mass is 200 g/mol. The molecular formula is C13H16N2. The van der Waals surface area contributed by atoms with Crippen molar-refractivity contribution in [3.63, 3.8) is 0 Å². The van der Waals surface area contributed by atoms with Crippen LogP contribution in [0.5, 0.6) is 0 Å². The molecule has 1 aromatic carbocycles. The highest BCUT2D eigenvalue weighted by Crippen LogP contribution is 2.26. The lowest BCUT2D eigenvalue weighted by atomic mass is 10.1. The molecule has 2 nitrogen and oxygen atoms in total. The Morgan fingerprint density at radius 2 is 2.13 bits per heavy atom. The molecule has 0 aliphatic carbocycles. The number of aromatic amines is 1. The van der Waals surface area contributed by atoms with Crippen LogP contribution in [0.3, 0.4) is 0 Å². The lowest BCUT2D eigenvalue weighted by molar-refractivity contribution is 0.329. The number of nitrogens with zero attached hydrogens (tertiary/aromatic N) is 1. The molecule has 0 atom stereocenters. The molecule has 0 unspecified atom stereocenters. The molecule has 1 aliphatic heterocycles. The third-order valence-electron chi connectivity index (χ3n) is 3.30. The van der Waals surface area contributed by atoms with E-state index in [2.05, 4.69) is 41.2 Å². The van der Waals surface area contributed by atoms with Crippen molar-refractivity contribution in [2.45, 2.75) is 19.4 Å². The Bertz CT molecular complexity index is 484. The van der Waals surface area contributed by atoms with Gasteiger partial charge in [0.25, 0.3) is 0 Å². The number of H-pyrrole nitrogens is 1. The van der Waals surface area contributed by atoms with Gasteiger partial charge >= 0.3 is 0 Å². The smallest absolute Gasteiger partial charge is 0.0459 e. The fraction of sp³-hybridized carbons (Fsp3) is 0.385. The highest BCUT2D eigenvalue weighted by Gasteiger charge is 2.15. The summed E-state index contributed by atoms with van der Waals surface area (Å²) in [5, 5.41) is 1.42. The second-order valence-electron chi connectivity index (χ2n) is 4.47. The van der Waals surface area contributed by atoms with Crippen molar-refractivity contribution in [3.05, 3.63) is 35.5 Å². The van der Waals surface area contributed by atoms with Crippen LogP contribution in [0.1, 0.15) is 17.7 Å². The number of fused-ring (bicyclic) bond motifs is 3. The number of aryl methyl sites for hydroxylation is 1. The zero-order valence-corrected chi connectivity index (χ0v) is 9.09. The first-order chi connectivity index (χ1) is 7.34. The Morgan fingerprint density at radius 1 is 1.27 bits per heavy atom. The topological polar surface area (TPSA) is 19.0 Å². The molecule has 0 saturated heterocycles. The van der Waals surface area contributed by atoms with E-state index < -0.39 is 0 Å². The molecule has 0 spiro atoms. The number of nitrogens with one attached hydrogen (secondary N) is 1. The number of hydrogen-bond acceptors (Lipinski definition) is 1. The zero-order chi connectivity index (χ0) is 10.3. The van der Waals surface area contributed by atoms with Crippen molar-refractivity contribution in [2.75, 3.05) is 13.6 Å². The zero-order valence-electron chi connectivity index (χ0n) is 9.09. The first-order valence-corrected chi connectivity index (χ1v) is 5.61.